The summed E-state index contributed by atoms with van der Waals surface area (Å²) in [6, 6.07) is 12.5. The minimum absolute atomic E-state index is 0.0559. The SMILES string of the molecule is Cc1nc2ccc(-c3ccc4c(c3)CN(C(=O)N3CCC(C(C)(C)O)CC3)CCO4)cc2[nH]1. The molecule has 0 radical (unpaired) electrons. The van der Waals surface area contributed by atoms with E-state index >= 15 is 0 Å². The van der Waals surface area contributed by atoms with Crippen molar-refractivity contribution in [3.05, 3.63) is 47.8 Å². The number of aryl methyl sites for hydroxylation is 1. The molecule has 5 rings (SSSR count). The van der Waals surface area contributed by atoms with Crippen LogP contribution in [0.3, 0.4) is 0 Å². The van der Waals surface area contributed by atoms with E-state index in [9.17, 15) is 9.90 Å². The van der Waals surface area contributed by atoms with Crippen LogP contribution in [0.1, 0.15) is 38.1 Å². The molecule has 2 aliphatic heterocycles. The van der Waals surface area contributed by atoms with Crippen molar-refractivity contribution in [3.63, 3.8) is 0 Å². The molecule has 33 heavy (non-hydrogen) atoms. The van der Waals surface area contributed by atoms with Gasteiger partial charge in [-0.15, -0.1) is 0 Å². The summed E-state index contributed by atoms with van der Waals surface area (Å²) in [5.41, 5.74) is 4.49. The Kier molecular flexibility index (Phi) is 5.52. The summed E-state index contributed by atoms with van der Waals surface area (Å²) >= 11 is 0. The van der Waals surface area contributed by atoms with E-state index in [1.54, 1.807) is 0 Å². The zero-order valence-electron chi connectivity index (χ0n) is 19.6. The van der Waals surface area contributed by atoms with E-state index in [1.807, 2.05) is 42.7 Å². The largest absolute Gasteiger partial charge is 0.491 e. The van der Waals surface area contributed by atoms with E-state index in [1.165, 1.54) is 0 Å². The molecule has 3 aromatic rings. The third-order valence-electron chi connectivity index (χ3n) is 7.01. The Labute approximate surface area is 194 Å². The number of H-pyrrole nitrogens is 1. The number of hydrogen-bond donors (Lipinski definition) is 2. The van der Waals surface area contributed by atoms with Gasteiger partial charge in [-0.2, -0.15) is 0 Å². The van der Waals surface area contributed by atoms with Crippen molar-refractivity contribution in [1.29, 1.82) is 0 Å². The number of aromatic nitrogens is 2. The maximum atomic E-state index is 13.3. The number of carbonyl (C=O) groups excluding carboxylic acids is 1. The van der Waals surface area contributed by atoms with Crippen LogP contribution in [0.5, 0.6) is 5.75 Å². The first-order valence-corrected chi connectivity index (χ1v) is 11.8. The lowest BCUT2D eigenvalue weighted by atomic mass is 9.83. The number of aromatic amines is 1. The van der Waals surface area contributed by atoms with Gasteiger partial charge in [0.15, 0.2) is 0 Å². The fourth-order valence-electron chi connectivity index (χ4n) is 5.03. The molecule has 2 aromatic carbocycles. The maximum Gasteiger partial charge on any atom is 0.320 e. The number of fused-ring (bicyclic) bond motifs is 2. The minimum Gasteiger partial charge on any atom is -0.491 e. The molecule has 2 N–H and O–H groups in total. The summed E-state index contributed by atoms with van der Waals surface area (Å²) in [7, 11) is 0. The van der Waals surface area contributed by atoms with Gasteiger partial charge in [0.1, 0.15) is 18.2 Å². The quantitative estimate of drug-likeness (QED) is 0.611. The van der Waals surface area contributed by atoms with Crippen LogP contribution in [0.25, 0.3) is 22.2 Å². The number of rotatable bonds is 2. The van der Waals surface area contributed by atoms with E-state index in [2.05, 4.69) is 34.2 Å². The molecule has 0 atom stereocenters. The van der Waals surface area contributed by atoms with Crippen molar-refractivity contribution in [1.82, 2.24) is 19.8 Å². The summed E-state index contributed by atoms with van der Waals surface area (Å²) in [5, 5.41) is 10.3. The number of piperidine rings is 1. The van der Waals surface area contributed by atoms with Crippen LogP contribution >= 0.6 is 0 Å². The van der Waals surface area contributed by atoms with Gasteiger partial charge in [0, 0.05) is 18.7 Å². The first kappa shape index (κ1) is 21.8. The number of nitrogens with one attached hydrogen (secondary N) is 1. The van der Waals surface area contributed by atoms with Crippen LogP contribution in [-0.2, 0) is 6.54 Å². The number of likely N-dealkylation sites (tertiary alicyclic amines) is 1. The topological polar surface area (TPSA) is 81.7 Å². The molecule has 7 heteroatoms. The Morgan fingerprint density at radius 3 is 2.58 bits per heavy atom. The molecular weight excluding hydrogens is 416 g/mol. The van der Waals surface area contributed by atoms with E-state index in [0.29, 0.717) is 32.8 Å². The van der Waals surface area contributed by atoms with Gasteiger partial charge >= 0.3 is 6.03 Å². The van der Waals surface area contributed by atoms with E-state index in [4.69, 9.17) is 4.74 Å². The number of ether oxygens (including phenoxy) is 1. The fourth-order valence-corrected chi connectivity index (χ4v) is 5.03. The number of urea groups is 1. The van der Waals surface area contributed by atoms with Gasteiger partial charge in [-0.1, -0.05) is 12.1 Å². The molecule has 7 nitrogen and oxygen atoms in total. The van der Waals surface area contributed by atoms with Crippen LogP contribution in [0.2, 0.25) is 0 Å². The molecule has 0 unspecified atom stereocenters. The lowest BCUT2D eigenvalue weighted by Crippen LogP contribution is -2.49. The molecular formula is C26H32N4O3. The summed E-state index contributed by atoms with van der Waals surface area (Å²) in [6.07, 6.45) is 1.66. The number of imidazole rings is 1. The Morgan fingerprint density at radius 1 is 1.09 bits per heavy atom. The monoisotopic (exact) mass is 448 g/mol. The normalized spacial score (nSPS) is 17.6. The number of amides is 2. The van der Waals surface area contributed by atoms with Crippen LogP contribution in [-0.4, -0.2) is 62.7 Å². The number of benzene rings is 2. The fraction of sp³-hybridized carbons (Fsp3) is 0.462. The zero-order valence-corrected chi connectivity index (χ0v) is 19.6. The van der Waals surface area contributed by atoms with Crippen LogP contribution in [0.4, 0.5) is 4.79 Å². The Balaban J connectivity index is 1.34. The second-order valence-electron chi connectivity index (χ2n) is 9.84. The van der Waals surface area contributed by atoms with Gasteiger partial charge in [0.25, 0.3) is 0 Å². The lowest BCUT2D eigenvalue weighted by molar-refractivity contribution is -0.00970. The molecule has 0 spiro atoms. The second kappa shape index (κ2) is 8.37. The van der Waals surface area contributed by atoms with E-state index in [0.717, 1.165) is 52.1 Å². The van der Waals surface area contributed by atoms with Crippen molar-refractivity contribution < 1.29 is 14.6 Å². The molecule has 1 fully saturated rings. The van der Waals surface area contributed by atoms with Crippen LogP contribution < -0.4 is 4.74 Å². The number of aliphatic hydroxyl groups is 1. The number of carbonyl (C=O) groups is 1. The highest BCUT2D eigenvalue weighted by molar-refractivity contribution is 5.82. The maximum absolute atomic E-state index is 13.3. The Morgan fingerprint density at radius 2 is 1.82 bits per heavy atom. The second-order valence-corrected chi connectivity index (χ2v) is 9.84. The minimum atomic E-state index is -0.696. The number of nitrogens with zero attached hydrogens (tertiary/aromatic N) is 3. The molecule has 1 aromatic heterocycles. The molecule has 0 saturated carbocycles. The van der Waals surface area contributed by atoms with Gasteiger partial charge in [-0.3, -0.25) is 0 Å². The molecule has 1 saturated heterocycles. The Hall–Kier alpha value is -3.06. The third-order valence-corrected chi connectivity index (χ3v) is 7.01. The van der Waals surface area contributed by atoms with Gasteiger partial charge in [-0.05, 0) is 74.9 Å². The van der Waals surface area contributed by atoms with Crippen molar-refractivity contribution >= 4 is 17.1 Å². The van der Waals surface area contributed by atoms with Gasteiger partial charge < -0.3 is 24.6 Å². The van der Waals surface area contributed by atoms with Crippen molar-refractivity contribution in [2.24, 2.45) is 5.92 Å². The molecule has 0 bridgehead atoms. The summed E-state index contributed by atoms with van der Waals surface area (Å²) in [5.74, 6) is 1.97. The molecule has 2 aliphatic rings. The van der Waals surface area contributed by atoms with Gasteiger partial charge in [0.05, 0.1) is 29.7 Å². The first-order valence-electron chi connectivity index (χ1n) is 11.8. The molecule has 174 valence electrons. The summed E-state index contributed by atoms with van der Waals surface area (Å²) in [4.78, 5) is 24.9. The predicted octanol–water partition coefficient (Wildman–Crippen LogP) is 4.34. The summed E-state index contributed by atoms with van der Waals surface area (Å²) in [6.45, 7) is 8.62. The van der Waals surface area contributed by atoms with E-state index in [-0.39, 0.29) is 11.9 Å². The predicted molar refractivity (Wildman–Crippen MR) is 128 cm³/mol. The number of hydrogen-bond acceptors (Lipinski definition) is 4. The van der Waals surface area contributed by atoms with Gasteiger partial charge in [-0.25, -0.2) is 9.78 Å². The highest BCUT2D eigenvalue weighted by Crippen LogP contribution is 2.32. The van der Waals surface area contributed by atoms with Crippen LogP contribution in [0, 0.1) is 12.8 Å². The highest BCUT2D eigenvalue weighted by Gasteiger charge is 2.33. The van der Waals surface area contributed by atoms with Crippen molar-refractivity contribution in [3.8, 4) is 16.9 Å². The zero-order chi connectivity index (χ0) is 23.2. The smallest absolute Gasteiger partial charge is 0.320 e. The van der Waals surface area contributed by atoms with E-state index < -0.39 is 5.60 Å². The van der Waals surface area contributed by atoms with Gasteiger partial charge in [0.2, 0.25) is 0 Å². The van der Waals surface area contributed by atoms with Crippen molar-refractivity contribution in [2.45, 2.75) is 45.8 Å². The molecule has 3 heterocycles. The molecule has 0 aliphatic carbocycles. The van der Waals surface area contributed by atoms with Crippen LogP contribution in [0.15, 0.2) is 36.4 Å². The van der Waals surface area contributed by atoms with Crippen molar-refractivity contribution in [2.75, 3.05) is 26.2 Å². The summed E-state index contributed by atoms with van der Waals surface area (Å²) < 4.78 is 5.98. The lowest BCUT2D eigenvalue weighted by Gasteiger charge is -2.39. The third kappa shape index (κ3) is 4.42. The average Bonchev–Trinajstić information content (AvgIpc) is 3.03. The first-order chi connectivity index (χ1) is 15.8. The highest BCUT2D eigenvalue weighted by atomic mass is 16.5. The molecule has 2 amide bonds. The standard InChI is InChI=1S/C26H32N4O3/c1-17-27-22-6-4-19(15-23(22)28-17)18-5-7-24-20(14-18)16-30(12-13-33-24)25(31)29-10-8-21(9-11-29)26(2,3)32/h4-7,14-15,21,32H,8-13,16H2,1-3H3,(H,27,28). The Bertz CT molecular complexity index is 1170. The average molecular weight is 449 g/mol.